The third kappa shape index (κ3) is 3.38. The number of phenols is 1. The lowest BCUT2D eigenvalue weighted by Gasteiger charge is -2.32. The summed E-state index contributed by atoms with van der Waals surface area (Å²) in [4.78, 5) is 14.3. The number of carbonyl (C=O) groups excluding carboxylic acids is 1. The molecule has 1 aliphatic rings. The van der Waals surface area contributed by atoms with Crippen molar-refractivity contribution in [1.29, 1.82) is 0 Å². The minimum absolute atomic E-state index is 0.00796. The van der Waals surface area contributed by atoms with Crippen LogP contribution in [-0.4, -0.2) is 36.1 Å². The zero-order valence-electron chi connectivity index (χ0n) is 13.1. The Balaban J connectivity index is 2.18. The molecule has 0 unspecified atom stereocenters. The number of aromatic hydroxyl groups is 1. The first-order chi connectivity index (χ1) is 9.82. The molecule has 0 bridgehead atoms. The maximum Gasteiger partial charge on any atom is 0.258 e. The van der Waals surface area contributed by atoms with E-state index in [2.05, 4.69) is 26.8 Å². The molecule has 0 saturated carbocycles. The van der Waals surface area contributed by atoms with Crippen LogP contribution >= 0.6 is 0 Å². The molecule has 1 aliphatic heterocycles. The Hall–Kier alpha value is -1.97. The Kier molecular flexibility index (Phi) is 4.26. The molecule has 0 spiro atoms. The Labute approximate surface area is 126 Å². The third-order valence-corrected chi connectivity index (χ3v) is 3.89. The van der Waals surface area contributed by atoms with Gasteiger partial charge in [-0.3, -0.25) is 4.79 Å². The first-order valence-electron chi connectivity index (χ1n) is 7.18. The van der Waals surface area contributed by atoms with Crippen molar-refractivity contribution in [3.05, 3.63) is 35.4 Å². The van der Waals surface area contributed by atoms with Gasteiger partial charge in [-0.05, 0) is 30.0 Å². The summed E-state index contributed by atoms with van der Waals surface area (Å²) in [7, 11) is 1.54. The number of ether oxygens (including phenoxy) is 1. The molecule has 0 fully saturated rings. The predicted molar refractivity (Wildman–Crippen MR) is 82.7 cm³/mol. The van der Waals surface area contributed by atoms with Gasteiger partial charge in [0.25, 0.3) is 5.91 Å². The summed E-state index contributed by atoms with van der Waals surface area (Å²) in [6.07, 6.45) is 3.00. The van der Waals surface area contributed by atoms with Gasteiger partial charge in [-0.25, -0.2) is 0 Å². The van der Waals surface area contributed by atoms with E-state index in [4.69, 9.17) is 4.74 Å². The maximum absolute atomic E-state index is 12.5. The van der Waals surface area contributed by atoms with Crippen molar-refractivity contribution in [2.75, 3.05) is 20.2 Å². The van der Waals surface area contributed by atoms with E-state index in [1.54, 1.807) is 24.1 Å². The molecule has 2 rings (SSSR count). The van der Waals surface area contributed by atoms with Crippen LogP contribution in [0, 0.1) is 5.41 Å². The van der Waals surface area contributed by atoms with Crippen LogP contribution in [0.5, 0.6) is 11.5 Å². The standard InChI is InChI=1S/C17H23NO3/c1-17(2,3)12-7-9-18(10-8-12)16(20)14-11-13(21-4)5-6-15(14)19/h5-7,11,19H,8-10H2,1-4H3. The summed E-state index contributed by atoms with van der Waals surface area (Å²) >= 11 is 0. The van der Waals surface area contributed by atoms with Crippen LogP contribution in [0.15, 0.2) is 29.8 Å². The number of hydrogen-bond acceptors (Lipinski definition) is 3. The van der Waals surface area contributed by atoms with E-state index in [0.29, 0.717) is 24.4 Å². The quantitative estimate of drug-likeness (QED) is 0.850. The van der Waals surface area contributed by atoms with Crippen molar-refractivity contribution in [3.8, 4) is 11.5 Å². The largest absolute Gasteiger partial charge is 0.507 e. The van der Waals surface area contributed by atoms with Gasteiger partial charge in [0.05, 0.1) is 12.7 Å². The highest BCUT2D eigenvalue weighted by molar-refractivity contribution is 5.97. The van der Waals surface area contributed by atoms with E-state index < -0.39 is 0 Å². The summed E-state index contributed by atoms with van der Waals surface area (Å²) in [5.41, 5.74) is 1.82. The number of phenolic OH excluding ortho intramolecular Hbond substituents is 1. The average molecular weight is 289 g/mol. The van der Waals surface area contributed by atoms with E-state index in [1.807, 2.05) is 0 Å². The maximum atomic E-state index is 12.5. The van der Waals surface area contributed by atoms with Crippen LogP contribution in [0.25, 0.3) is 0 Å². The van der Waals surface area contributed by atoms with E-state index in [0.717, 1.165) is 6.42 Å². The molecular weight excluding hydrogens is 266 g/mol. The lowest BCUT2D eigenvalue weighted by Crippen LogP contribution is -2.36. The summed E-state index contributed by atoms with van der Waals surface area (Å²) in [5, 5.41) is 9.89. The van der Waals surface area contributed by atoms with Crippen molar-refractivity contribution in [3.63, 3.8) is 0 Å². The van der Waals surface area contributed by atoms with Gasteiger partial charge in [-0.2, -0.15) is 0 Å². The minimum Gasteiger partial charge on any atom is -0.507 e. The first kappa shape index (κ1) is 15.4. The molecule has 1 amide bonds. The van der Waals surface area contributed by atoms with Gasteiger partial charge in [0.15, 0.2) is 0 Å². The molecule has 4 heteroatoms. The van der Waals surface area contributed by atoms with Crippen molar-refractivity contribution >= 4 is 5.91 Å². The van der Waals surface area contributed by atoms with Crippen molar-refractivity contribution in [2.45, 2.75) is 27.2 Å². The molecule has 114 valence electrons. The fourth-order valence-electron chi connectivity index (χ4n) is 2.52. The molecule has 1 N–H and O–H groups in total. The van der Waals surface area contributed by atoms with Crippen LogP contribution in [-0.2, 0) is 0 Å². The van der Waals surface area contributed by atoms with Gasteiger partial charge in [0.2, 0.25) is 0 Å². The highest BCUT2D eigenvalue weighted by Crippen LogP contribution is 2.31. The Bertz CT molecular complexity index is 570. The van der Waals surface area contributed by atoms with Gasteiger partial charge in [-0.15, -0.1) is 0 Å². The molecule has 0 atom stereocenters. The normalized spacial score (nSPS) is 15.6. The number of hydrogen-bond donors (Lipinski definition) is 1. The summed E-state index contributed by atoms with van der Waals surface area (Å²) in [5.74, 6) is 0.404. The fourth-order valence-corrected chi connectivity index (χ4v) is 2.52. The van der Waals surface area contributed by atoms with Gasteiger partial charge in [-0.1, -0.05) is 32.4 Å². The monoisotopic (exact) mass is 289 g/mol. The zero-order chi connectivity index (χ0) is 15.6. The second-order valence-corrected chi connectivity index (χ2v) is 6.36. The fraction of sp³-hybridized carbons (Fsp3) is 0.471. The SMILES string of the molecule is COc1ccc(O)c(C(=O)N2CC=C(C(C)(C)C)CC2)c1. The zero-order valence-corrected chi connectivity index (χ0v) is 13.1. The highest BCUT2D eigenvalue weighted by atomic mass is 16.5. The Morgan fingerprint density at radius 3 is 2.57 bits per heavy atom. The summed E-state index contributed by atoms with van der Waals surface area (Å²) < 4.78 is 5.12. The van der Waals surface area contributed by atoms with E-state index >= 15 is 0 Å². The van der Waals surface area contributed by atoms with Gasteiger partial charge >= 0.3 is 0 Å². The van der Waals surface area contributed by atoms with E-state index in [1.165, 1.54) is 11.6 Å². The van der Waals surface area contributed by atoms with Gasteiger partial charge in [0, 0.05) is 13.1 Å². The van der Waals surface area contributed by atoms with Crippen LogP contribution < -0.4 is 4.74 Å². The molecule has 1 aromatic rings. The smallest absolute Gasteiger partial charge is 0.258 e. The second kappa shape index (κ2) is 5.80. The summed E-state index contributed by atoms with van der Waals surface area (Å²) in [6.45, 7) is 7.82. The molecule has 0 aromatic heterocycles. The van der Waals surface area contributed by atoms with Crippen molar-refractivity contribution < 1.29 is 14.6 Å². The Morgan fingerprint density at radius 2 is 2.05 bits per heavy atom. The van der Waals surface area contributed by atoms with Crippen LogP contribution in [0.2, 0.25) is 0 Å². The molecule has 21 heavy (non-hydrogen) atoms. The van der Waals surface area contributed by atoms with Crippen molar-refractivity contribution in [2.24, 2.45) is 5.41 Å². The molecule has 0 radical (unpaired) electrons. The molecular formula is C17H23NO3. The van der Waals surface area contributed by atoms with Gasteiger partial charge < -0.3 is 14.7 Å². The minimum atomic E-state index is -0.157. The van der Waals surface area contributed by atoms with Gasteiger partial charge in [0.1, 0.15) is 11.5 Å². The van der Waals surface area contributed by atoms with E-state index in [9.17, 15) is 9.90 Å². The number of rotatable bonds is 2. The molecule has 0 aliphatic carbocycles. The molecule has 1 aromatic carbocycles. The second-order valence-electron chi connectivity index (χ2n) is 6.36. The Morgan fingerprint density at radius 1 is 1.33 bits per heavy atom. The van der Waals surface area contributed by atoms with Crippen molar-refractivity contribution in [1.82, 2.24) is 4.90 Å². The van der Waals surface area contributed by atoms with Crippen LogP contribution in [0.4, 0.5) is 0 Å². The third-order valence-electron chi connectivity index (χ3n) is 3.89. The number of amides is 1. The molecule has 1 heterocycles. The summed E-state index contributed by atoms with van der Waals surface area (Å²) in [6, 6.07) is 4.72. The topological polar surface area (TPSA) is 49.8 Å². The lowest BCUT2D eigenvalue weighted by atomic mass is 9.83. The first-order valence-corrected chi connectivity index (χ1v) is 7.18. The molecule has 4 nitrogen and oxygen atoms in total. The predicted octanol–water partition coefficient (Wildman–Crippen LogP) is 3.22. The number of benzene rings is 1. The highest BCUT2D eigenvalue weighted by Gasteiger charge is 2.25. The number of nitrogens with zero attached hydrogens (tertiary/aromatic N) is 1. The molecule has 0 saturated heterocycles. The van der Waals surface area contributed by atoms with Crippen LogP contribution in [0.3, 0.4) is 0 Å². The lowest BCUT2D eigenvalue weighted by molar-refractivity contribution is 0.0761. The van der Waals surface area contributed by atoms with Crippen LogP contribution in [0.1, 0.15) is 37.6 Å². The number of methoxy groups -OCH3 is 1. The number of carbonyl (C=O) groups is 1. The van der Waals surface area contributed by atoms with E-state index in [-0.39, 0.29) is 17.1 Å². The average Bonchev–Trinajstić information content (AvgIpc) is 2.46.